The number of aliphatic carboxylic acids is 1. The fourth-order valence-corrected chi connectivity index (χ4v) is 3.22. The van der Waals surface area contributed by atoms with Crippen LogP contribution in [0, 0.1) is 0 Å². The molecule has 0 saturated heterocycles. The summed E-state index contributed by atoms with van der Waals surface area (Å²) in [4.78, 5) is 10.4. The lowest BCUT2D eigenvalue weighted by Gasteiger charge is -2.14. The quantitative estimate of drug-likeness (QED) is 0.788. The molecule has 0 saturated carbocycles. The largest absolute Gasteiger partial charge is 0.481 e. The van der Waals surface area contributed by atoms with Gasteiger partial charge in [0.2, 0.25) is 10.0 Å². The van der Waals surface area contributed by atoms with Crippen LogP contribution in [0.15, 0.2) is 23.1 Å². The molecule has 0 heterocycles. The highest BCUT2D eigenvalue weighted by atomic mass is 35.5. The van der Waals surface area contributed by atoms with Crippen molar-refractivity contribution >= 4 is 39.2 Å². The van der Waals surface area contributed by atoms with Crippen LogP contribution >= 0.6 is 23.2 Å². The van der Waals surface area contributed by atoms with E-state index in [1.807, 2.05) is 0 Å². The molecular weight excluding hydrogens is 329 g/mol. The number of nitrogens with one attached hydrogen (secondary N) is 1. The van der Waals surface area contributed by atoms with Crippen molar-refractivity contribution in [3.05, 3.63) is 28.2 Å². The van der Waals surface area contributed by atoms with Gasteiger partial charge >= 0.3 is 5.97 Å². The van der Waals surface area contributed by atoms with E-state index in [0.717, 1.165) is 0 Å². The summed E-state index contributed by atoms with van der Waals surface area (Å²) in [6.07, 6.45) is -1.09. The zero-order valence-corrected chi connectivity index (χ0v) is 12.8. The molecule has 0 spiro atoms. The molecule has 112 valence electrons. The molecule has 0 aromatic heterocycles. The van der Waals surface area contributed by atoms with E-state index < -0.39 is 22.1 Å². The van der Waals surface area contributed by atoms with E-state index in [9.17, 15) is 13.2 Å². The Morgan fingerprint density at radius 1 is 1.45 bits per heavy atom. The molecule has 1 aromatic rings. The van der Waals surface area contributed by atoms with E-state index >= 15 is 0 Å². The van der Waals surface area contributed by atoms with E-state index in [1.54, 1.807) is 0 Å². The highest BCUT2D eigenvalue weighted by Gasteiger charge is 2.21. The normalized spacial score (nSPS) is 13.2. The minimum atomic E-state index is -3.89. The van der Waals surface area contributed by atoms with Crippen LogP contribution in [0.3, 0.4) is 0 Å². The van der Waals surface area contributed by atoms with Gasteiger partial charge < -0.3 is 9.84 Å². The first-order valence-corrected chi connectivity index (χ1v) is 7.69. The second-order valence-corrected chi connectivity index (χ2v) is 6.46. The second-order valence-electron chi connectivity index (χ2n) is 3.88. The molecule has 0 fully saturated rings. The third-order valence-electron chi connectivity index (χ3n) is 2.42. The van der Waals surface area contributed by atoms with E-state index in [0.29, 0.717) is 0 Å². The lowest BCUT2D eigenvalue weighted by Crippen LogP contribution is -2.34. The van der Waals surface area contributed by atoms with Crippen LogP contribution in [-0.2, 0) is 19.6 Å². The fourth-order valence-electron chi connectivity index (χ4n) is 1.40. The van der Waals surface area contributed by atoms with Gasteiger partial charge in [0.05, 0.1) is 17.5 Å². The summed E-state index contributed by atoms with van der Waals surface area (Å²) in [5.41, 5.74) is 0. The summed E-state index contributed by atoms with van der Waals surface area (Å²) >= 11 is 11.5. The molecule has 0 bridgehead atoms. The van der Waals surface area contributed by atoms with Crippen LogP contribution in [0.1, 0.15) is 6.42 Å². The van der Waals surface area contributed by atoms with Gasteiger partial charge in [0.1, 0.15) is 4.90 Å². The Labute approximate surface area is 126 Å². The standard InChI is InChI=1S/C11H13Cl2NO5S/c1-19-8(5-11(15)16)6-14-20(17,18)10-4-7(12)2-3-9(10)13/h2-4,8,14H,5-6H2,1H3,(H,15,16). The maximum absolute atomic E-state index is 12.1. The van der Waals surface area contributed by atoms with Crippen molar-refractivity contribution in [1.29, 1.82) is 0 Å². The zero-order valence-electron chi connectivity index (χ0n) is 10.5. The first kappa shape index (κ1) is 17.2. The summed E-state index contributed by atoms with van der Waals surface area (Å²) in [6, 6.07) is 4.04. The van der Waals surface area contributed by atoms with Crippen LogP contribution in [-0.4, -0.2) is 39.3 Å². The van der Waals surface area contributed by atoms with Gasteiger partial charge in [0.15, 0.2) is 0 Å². The number of sulfonamides is 1. The van der Waals surface area contributed by atoms with Crippen molar-refractivity contribution in [2.24, 2.45) is 0 Å². The van der Waals surface area contributed by atoms with Gasteiger partial charge in [0.25, 0.3) is 0 Å². The molecule has 0 aliphatic heterocycles. The van der Waals surface area contributed by atoms with Gasteiger partial charge in [0, 0.05) is 18.7 Å². The second kappa shape index (κ2) is 7.24. The molecule has 6 nitrogen and oxygen atoms in total. The average Bonchev–Trinajstić information content (AvgIpc) is 2.36. The Hall–Kier alpha value is -0.860. The predicted octanol–water partition coefficient (Wildman–Crippen LogP) is 1.76. The van der Waals surface area contributed by atoms with Gasteiger partial charge in [-0.05, 0) is 18.2 Å². The Morgan fingerprint density at radius 2 is 2.10 bits per heavy atom. The number of rotatable bonds is 7. The Bertz CT molecular complexity index is 590. The number of carboxylic acids is 1. The highest BCUT2D eigenvalue weighted by Crippen LogP contribution is 2.24. The maximum Gasteiger partial charge on any atom is 0.306 e. The van der Waals surface area contributed by atoms with Crippen molar-refractivity contribution < 1.29 is 23.1 Å². The summed E-state index contributed by atoms with van der Waals surface area (Å²) in [5.74, 6) is -1.09. The Balaban J connectivity index is 2.84. The Kier molecular flexibility index (Phi) is 6.22. The minimum Gasteiger partial charge on any atom is -0.481 e. The van der Waals surface area contributed by atoms with E-state index in [4.69, 9.17) is 33.0 Å². The number of carboxylic acid groups (broad SMARTS) is 1. The topological polar surface area (TPSA) is 92.7 Å². The van der Waals surface area contributed by atoms with Gasteiger partial charge in [-0.2, -0.15) is 0 Å². The van der Waals surface area contributed by atoms with Gasteiger partial charge in [-0.3, -0.25) is 4.79 Å². The maximum atomic E-state index is 12.1. The average molecular weight is 342 g/mol. The molecular formula is C11H13Cl2NO5S. The number of hydrogen-bond acceptors (Lipinski definition) is 4. The smallest absolute Gasteiger partial charge is 0.306 e. The lowest BCUT2D eigenvalue weighted by molar-refractivity contribution is -0.139. The molecule has 0 amide bonds. The zero-order chi connectivity index (χ0) is 15.3. The van der Waals surface area contributed by atoms with Crippen LogP contribution in [0.25, 0.3) is 0 Å². The van der Waals surface area contributed by atoms with Crippen molar-refractivity contribution in [2.45, 2.75) is 17.4 Å². The molecule has 0 aliphatic rings. The first-order chi connectivity index (χ1) is 9.26. The van der Waals surface area contributed by atoms with Gasteiger partial charge in [-0.1, -0.05) is 23.2 Å². The van der Waals surface area contributed by atoms with Crippen LogP contribution < -0.4 is 4.72 Å². The SMILES string of the molecule is COC(CNS(=O)(=O)c1cc(Cl)ccc1Cl)CC(=O)O. The van der Waals surface area contributed by atoms with Crippen LogP contribution in [0.4, 0.5) is 0 Å². The van der Waals surface area contributed by atoms with Crippen molar-refractivity contribution in [1.82, 2.24) is 4.72 Å². The molecule has 2 N–H and O–H groups in total. The van der Waals surface area contributed by atoms with E-state index in [-0.39, 0.29) is 27.9 Å². The molecule has 20 heavy (non-hydrogen) atoms. The number of carbonyl (C=O) groups is 1. The molecule has 1 rings (SSSR count). The summed E-state index contributed by atoms with van der Waals surface area (Å²) < 4.78 is 31.2. The van der Waals surface area contributed by atoms with E-state index in [1.165, 1.54) is 25.3 Å². The van der Waals surface area contributed by atoms with E-state index in [2.05, 4.69) is 4.72 Å². The molecule has 1 aromatic carbocycles. The summed E-state index contributed by atoms with van der Waals surface area (Å²) in [6.45, 7) is -0.187. The number of methoxy groups -OCH3 is 1. The number of hydrogen-bond donors (Lipinski definition) is 2. The number of ether oxygens (including phenoxy) is 1. The molecule has 0 aliphatic carbocycles. The highest BCUT2D eigenvalue weighted by molar-refractivity contribution is 7.89. The third-order valence-corrected chi connectivity index (χ3v) is 4.56. The number of halogens is 2. The molecule has 1 unspecified atom stereocenters. The number of benzene rings is 1. The van der Waals surface area contributed by atoms with Gasteiger partial charge in [-0.25, -0.2) is 13.1 Å². The Morgan fingerprint density at radius 3 is 2.65 bits per heavy atom. The predicted molar refractivity (Wildman–Crippen MR) is 74.7 cm³/mol. The van der Waals surface area contributed by atoms with Crippen LogP contribution in [0.2, 0.25) is 10.0 Å². The molecule has 1 atom stereocenters. The first-order valence-electron chi connectivity index (χ1n) is 5.45. The lowest BCUT2D eigenvalue weighted by atomic mass is 10.2. The molecule has 9 heteroatoms. The van der Waals surface area contributed by atoms with Crippen molar-refractivity contribution in [2.75, 3.05) is 13.7 Å². The van der Waals surface area contributed by atoms with Crippen molar-refractivity contribution in [3.8, 4) is 0 Å². The van der Waals surface area contributed by atoms with Crippen LogP contribution in [0.5, 0.6) is 0 Å². The monoisotopic (exact) mass is 341 g/mol. The third kappa shape index (κ3) is 4.92. The summed E-state index contributed by atoms with van der Waals surface area (Å²) in [7, 11) is -2.59. The minimum absolute atomic E-state index is 0.0223. The fraction of sp³-hybridized carbons (Fsp3) is 0.364. The molecule has 0 radical (unpaired) electrons. The van der Waals surface area contributed by atoms with Crippen molar-refractivity contribution in [3.63, 3.8) is 0 Å². The van der Waals surface area contributed by atoms with Gasteiger partial charge in [-0.15, -0.1) is 0 Å². The summed E-state index contributed by atoms with van der Waals surface area (Å²) in [5, 5.41) is 8.89.